The molecular formula is C26H30N4O2. The number of aryl methyl sites for hydroxylation is 2. The zero-order valence-corrected chi connectivity index (χ0v) is 18.6. The fraction of sp³-hybridized carbons (Fsp3) is 0.385. The average molecular weight is 431 g/mol. The maximum Gasteiger partial charge on any atom is 0.251 e. The van der Waals surface area contributed by atoms with Gasteiger partial charge in [-0.1, -0.05) is 12.1 Å². The Bertz CT molecular complexity index is 1090. The van der Waals surface area contributed by atoms with Crippen molar-refractivity contribution in [1.29, 1.82) is 0 Å². The van der Waals surface area contributed by atoms with Gasteiger partial charge in [-0.05, 0) is 61.6 Å². The van der Waals surface area contributed by atoms with E-state index >= 15 is 0 Å². The zero-order valence-electron chi connectivity index (χ0n) is 18.6. The first-order valence-corrected chi connectivity index (χ1v) is 11.6. The molecule has 1 fully saturated rings. The molecule has 0 unspecified atom stereocenters. The number of rotatable bonds is 6. The third-order valence-corrected chi connectivity index (χ3v) is 6.50. The highest BCUT2D eigenvalue weighted by Crippen LogP contribution is 2.30. The summed E-state index contributed by atoms with van der Waals surface area (Å²) in [7, 11) is 1.61. The quantitative estimate of drug-likeness (QED) is 0.629. The molecule has 1 saturated heterocycles. The Kier molecular flexibility index (Phi) is 5.84. The summed E-state index contributed by atoms with van der Waals surface area (Å²) in [6, 6.07) is 13.8. The number of methoxy groups -OCH3 is 1. The number of ether oxygens (including phenoxy) is 1. The summed E-state index contributed by atoms with van der Waals surface area (Å²) in [5.74, 6) is 1.76. The van der Waals surface area contributed by atoms with Crippen molar-refractivity contribution in [3.63, 3.8) is 0 Å². The highest BCUT2D eigenvalue weighted by molar-refractivity contribution is 5.94. The van der Waals surface area contributed by atoms with Crippen LogP contribution >= 0.6 is 0 Å². The van der Waals surface area contributed by atoms with Crippen LogP contribution in [-0.2, 0) is 19.5 Å². The number of anilines is 1. The number of hydrogen-bond donors (Lipinski definition) is 1. The van der Waals surface area contributed by atoms with Gasteiger partial charge in [0.05, 0.1) is 12.8 Å². The van der Waals surface area contributed by atoms with Crippen LogP contribution in [0.5, 0.6) is 5.75 Å². The number of benzene rings is 2. The molecule has 1 N–H and O–H groups in total. The number of piperidine rings is 1. The van der Waals surface area contributed by atoms with Crippen LogP contribution in [0.15, 0.2) is 48.7 Å². The number of nitrogens with one attached hydrogen (secondary N) is 1. The lowest BCUT2D eigenvalue weighted by atomic mass is 10.0. The van der Waals surface area contributed by atoms with Gasteiger partial charge in [-0.2, -0.15) is 0 Å². The molecule has 2 aliphatic rings. The van der Waals surface area contributed by atoms with Crippen molar-refractivity contribution < 1.29 is 9.53 Å². The van der Waals surface area contributed by atoms with Gasteiger partial charge in [-0.3, -0.25) is 4.79 Å². The van der Waals surface area contributed by atoms with Crippen LogP contribution in [0.4, 0.5) is 5.69 Å². The Hall–Kier alpha value is -3.28. The normalized spacial score (nSPS) is 15.5. The maximum absolute atomic E-state index is 12.8. The number of amides is 1. The van der Waals surface area contributed by atoms with Crippen LogP contribution in [0.2, 0.25) is 0 Å². The van der Waals surface area contributed by atoms with Crippen LogP contribution in [0.25, 0.3) is 11.3 Å². The number of imidazole rings is 1. The third-order valence-electron chi connectivity index (χ3n) is 6.50. The Balaban J connectivity index is 1.41. The van der Waals surface area contributed by atoms with Gasteiger partial charge >= 0.3 is 0 Å². The lowest BCUT2D eigenvalue weighted by Gasteiger charge is -2.31. The van der Waals surface area contributed by atoms with Crippen LogP contribution in [-0.4, -0.2) is 35.7 Å². The predicted molar refractivity (Wildman–Crippen MR) is 126 cm³/mol. The summed E-state index contributed by atoms with van der Waals surface area (Å²) in [6.07, 6.45) is 8.11. The first-order chi connectivity index (χ1) is 15.7. The molecule has 0 aliphatic carbocycles. The van der Waals surface area contributed by atoms with E-state index in [0.29, 0.717) is 17.9 Å². The number of hydrogen-bond acceptors (Lipinski definition) is 4. The summed E-state index contributed by atoms with van der Waals surface area (Å²) in [6.45, 7) is 3.66. The molecule has 166 valence electrons. The third kappa shape index (κ3) is 4.22. The van der Waals surface area contributed by atoms with Gasteiger partial charge in [0.15, 0.2) is 0 Å². The molecule has 3 heterocycles. The molecule has 0 spiro atoms. The monoisotopic (exact) mass is 430 g/mol. The highest BCUT2D eigenvalue weighted by atomic mass is 16.5. The van der Waals surface area contributed by atoms with Crippen LogP contribution in [0, 0.1) is 0 Å². The highest BCUT2D eigenvalue weighted by Gasteiger charge is 2.19. The van der Waals surface area contributed by atoms with Gasteiger partial charge in [0.2, 0.25) is 0 Å². The molecule has 6 heteroatoms. The van der Waals surface area contributed by atoms with Gasteiger partial charge in [0, 0.05) is 55.6 Å². The molecule has 2 aliphatic heterocycles. The Morgan fingerprint density at radius 2 is 1.94 bits per heavy atom. The minimum absolute atomic E-state index is 0.0973. The first-order valence-electron chi connectivity index (χ1n) is 11.6. The molecule has 32 heavy (non-hydrogen) atoms. The van der Waals surface area contributed by atoms with E-state index < -0.39 is 0 Å². The van der Waals surface area contributed by atoms with E-state index in [1.807, 2.05) is 18.2 Å². The van der Waals surface area contributed by atoms with E-state index in [0.717, 1.165) is 42.9 Å². The molecule has 1 amide bonds. The van der Waals surface area contributed by atoms with Crippen molar-refractivity contribution >= 4 is 11.6 Å². The Morgan fingerprint density at radius 1 is 1.06 bits per heavy atom. The van der Waals surface area contributed by atoms with E-state index in [2.05, 4.69) is 39.2 Å². The van der Waals surface area contributed by atoms with Crippen LogP contribution in [0.1, 0.15) is 47.4 Å². The van der Waals surface area contributed by atoms with Gasteiger partial charge < -0.3 is 19.5 Å². The van der Waals surface area contributed by atoms with Gasteiger partial charge in [0.1, 0.15) is 11.6 Å². The van der Waals surface area contributed by atoms with Gasteiger partial charge in [0.25, 0.3) is 5.91 Å². The van der Waals surface area contributed by atoms with Crippen molar-refractivity contribution in [3.8, 4) is 17.0 Å². The Morgan fingerprint density at radius 3 is 2.75 bits per heavy atom. The van der Waals surface area contributed by atoms with Crippen LogP contribution < -0.4 is 15.0 Å². The SMILES string of the molecule is COc1cccc(C(=O)NCc2cc(-c3cn4c(n3)CCC4)ccc2N2CCCCC2)c1. The molecule has 0 bridgehead atoms. The van der Waals surface area contributed by atoms with E-state index in [9.17, 15) is 4.79 Å². The lowest BCUT2D eigenvalue weighted by Crippen LogP contribution is -2.31. The smallest absolute Gasteiger partial charge is 0.251 e. The Labute approximate surface area is 189 Å². The lowest BCUT2D eigenvalue weighted by molar-refractivity contribution is 0.0950. The van der Waals surface area contributed by atoms with E-state index in [4.69, 9.17) is 9.72 Å². The topological polar surface area (TPSA) is 59.4 Å². The largest absolute Gasteiger partial charge is 0.497 e. The van der Waals surface area contributed by atoms with E-state index in [1.165, 1.54) is 37.2 Å². The van der Waals surface area contributed by atoms with Crippen molar-refractivity contribution in [3.05, 3.63) is 65.6 Å². The van der Waals surface area contributed by atoms with E-state index in [-0.39, 0.29) is 5.91 Å². The molecule has 2 aromatic carbocycles. The van der Waals surface area contributed by atoms with Crippen LogP contribution in [0.3, 0.4) is 0 Å². The molecule has 0 radical (unpaired) electrons. The maximum atomic E-state index is 12.8. The number of carbonyl (C=O) groups is 1. The van der Waals surface area contributed by atoms with Crippen molar-refractivity contribution in [2.45, 2.75) is 45.2 Å². The van der Waals surface area contributed by atoms with Crippen molar-refractivity contribution in [1.82, 2.24) is 14.9 Å². The molecule has 5 rings (SSSR count). The van der Waals surface area contributed by atoms with Crippen molar-refractivity contribution in [2.75, 3.05) is 25.1 Å². The van der Waals surface area contributed by atoms with Gasteiger partial charge in [-0.15, -0.1) is 0 Å². The fourth-order valence-corrected chi connectivity index (χ4v) is 4.77. The van der Waals surface area contributed by atoms with Gasteiger partial charge in [-0.25, -0.2) is 4.98 Å². The number of aromatic nitrogens is 2. The number of fused-ring (bicyclic) bond motifs is 1. The second-order valence-corrected chi connectivity index (χ2v) is 8.65. The zero-order chi connectivity index (χ0) is 21.9. The van der Waals surface area contributed by atoms with Crippen molar-refractivity contribution in [2.24, 2.45) is 0 Å². The first kappa shape index (κ1) is 20.6. The summed E-state index contributed by atoms with van der Waals surface area (Å²) >= 11 is 0. The molecular weight excluding hydrogens is 400 g/mol. The average Bonchev–Trinajstić information content (AvgIpc) is 3.46. The molecule has 0 saturated carbocycles. The predicted octanol–water partition coefficient (Wildman–Crippen LogP) is 4.43. The minimum atomic E-state index is -0.0973. The summed E-state index contributed by atoms with van der Waals surface area (Å²) < 4.78 is 7.52. The van der Waals surface area contributed by atoms with E-state index in [1.54, 1.807) is 13.2 Å². The fourth-order valence-electron chi connectivity index (χ4n) is 4.77. The molecule has 6 nitrogen and oxygen atoms in total. The standard InChI is InChI=1S/C26H30N4O2/c1-32-22-8-5-7-20(16-22)26(31)27-17-21-15-19(23-18-30-14-6-9-25(30)28-23)10-11-24(21)29-12-3-2-4-13-29/h5,7-8,10-11,15-16,18H,2-4,6,9,12-14,17H2,1H3,(H,27,31). The number of carbonyl (C=O) groups excluding carboxylic acids is 1. The second kappa shape index (κ2) is 9.07. The molecule has 1 aromatic heterocycles. The second-order valence-electron chi connectivity index (χ2n) is 8.65. The molecule has 3 aromatic rings. The minimum Gasteiger partial charge on any atom is -0.497 e. The molecule has 0 atom stereocenters. The number of nitrogens with zero attached hydrogens (tertiary/aromatic N) is 3. The summed E-state index contributed by atoms with van der Waals surface area (Å²) in [4.78, 5) is 20.1. The summed E-state index contributed by atoms with van der Waals surface area (Å²) in [5.41, 5.74) is 5.08. The summed E-state index contributed by atoms with van der Waals surface area (Å²) in [5, 5.41) is 3.12.